The van der Waals surface area contributed by atoms with E-state index in [0.717, 1.165) is 43.4 Å². The molecule has 0 aliphatic carbocycles. The van der Waals surface area contributed by atoms with E-state index in [-0.39, 0.29) is 11.9 Å². The summed E-state index contributed by atoms with van der Waals surface area (Å²) in [6.45, 7) is 0. The van der Waals surface area contributed by atoms with Crippen molar-refractivity contribution in [2.24, 2.45) is 5.92 Å². The Morgan fingerprint density at radius 2 is 1.41 bits per heavy atom. The van der Waals surface area contributed by atoms with Crippen LogP contribution in [0.5, 0.6) is 5.75 Å². The van der Waals surface area contributed by atoms with E-state index >= 15 is 0 Å². The van der Waals surface area contributed by atoms with Gasteiger partial charge in [0.1, 0.15) is 5.75 Å². The van der Waals surface area contributed by atoms with Crippen molar-refractivity contribution in [3.63, 3.8) is 0 Å². The van der Waals surface area contributed by atoms with Gasteiger partial charge in [-0.05, 0) is 77.3 Å². The summed E-state index contributed by atoms with van der Waals surface area (Å²) in [5, 5.41) is 2.57. The van der Waals surface area contributed by atoms with E-state index in [4.69, 9.17) is 9.47 Å². The smallest absolute Gasteiger partial charge is 0.308 e. The third-order valence-corrected chi connectivity index (χ3v) is 6.57. The van der Waals surface area contributed by atoms with E-state index in [1.807, 2.05) is 12.1 Å². The second-order valence-electron chi connectivity index (χ2n) is 8.71. The zero-order valence-electron chi connectivity index (χ0n) is 20.0. The third kappa shape index (κ3) is 5.85. The van der Waals surface area contributed by atoms with Crippen molar-refractivity contribution in [1.82, 2.24) is 0 Å². The van der Waals surface area contributed by atoms with Crippen LogP contribution >= 0.6 is 0 Å². The SMILES string of the molecule is COC(=O)C(CCCc1cccc2ccccc12)CCc1ccc(-c2ccc(OC)cc2)cc1. The van der Waals surface area contributed by atoms with Crippen molar-refractivity contribution in [2.45, 2.75) is 32.1 Å². The Hall–Kier alpha value is -3.59. The Labute approximate surface area is 202 Å². The van der Waals surface area contributed by atoms with Gasteiger partial charge in [-0.25, -0.2) is 0 Å². The number of rotatable bonds is 10. The monoisotopic (exact) mass is 452 g/mol. The molecule has 0 aromatic heterocycles. The molecule has 0 radical (unpaired) electrons. The minimum Gasteiger partial charge on any atom is -0.497 e. The number of hydrogen-bond donors (Lipinski definition) is 0. The Bertz CT molecular complexity index is 1200. The first kappa shape index (κ1) is 23.6. The van der Waals surface area contributed by atoms with Gasteiger partial charge in [0.05, 0.1) is 20.1 Å². The van der Waals surface area contributed by atoms with Gasteiger partial charge in [0, 0.05) is 0 Å². The van der Waals surface area contributed by atoms with Crippen LogP contribution in [-0.4, -0.2) is 20.2 Å². The Balaban J connectivity index is 1.34. The summed E-state index contributed by atoms with van der Waals surface area (Å²) in [5.74, 6) is 0.670. The van der Waals surface area contributed by atoms with Crippen LogP contribution in [0.2, 0.25) is 0 Å². The standard InChI is InChI=1S/C31H32O3/c1-33-29-21-19-25(20-22-29)24-16-13-23(14-17-24)15-18-28(31(32)34-2)11-6-10-27-9-5-8-26-7-3-4-12-30(26)27/h3-5,7-9,12-14,16-17,19-22,28H,6,10-11,15,18H2,1-2H3. The van der Waals surface area contributed by atoms with Crippen molar-refractivity contribution < 1.29 is 14.3 Å². The lowest BCUT2D eigenvalue weighted by molar-refractivity contribution is -0.145. The maximum absolute atomic E-state index is 12.4. The third-order valence-electron chi connectivity index (χ3n) is 6.57. The zero-order valence-corrected chi connectivity index (χ0v) is 20.0. The molecule has 0 heterocycles. The molecule has 34 heavy (non-hydrogen) atoms. The molecule has 0 amide bonds. The molecule has 0 aliphatic heterocycles. The summed E-state index contributed by atoms with van der Waals surface area (Å²) in [5.41, 5.74) is 4.91. The lowest BCUT2D eigenvalue weighted by Gasteiger charge is -2.15. The molecule has 4 rings (SSSR count). The molecule has 0 saturated carbocycles. The van der Waals surface area contributed by atoms with Gasteiger partial charge in [-0.15, -0.1) is 0 Å². The topological polar surface area (TPSA) is 35.5 Å². The van der Waals surface area contributed by atoms with E-state index in [1.165, 1.54) is 34.6 Å². The Kier molecular flexibility index (Phi) is 7.98. The van der Waals surface area contributed by atoms with E-state index in [9.17, 15) is 4.79 Å². The normalized spacial score (nSPS) is 11.8. The molecule has 1 unspecified atom stereocenters. The predicted octanol–water partition coefficient (Wildman–Crippen LogP) is 7.26. The van der Waals surface area contributed by atoms with Crippen molar-refractivity contribution in [2.75, 3.05) is 14.2 Å². The molecule has 1 atom stereocenters. The quantitative estimate of drug-likeness (QED) is 0.238. The van der Waals surface area contributed by atoms with Crippen molar-refractivity contribution >= 4 is 16.7 Å². The number of carbonyl (C=O) groups excluding carboxylic acids is 1. The first-order chi connectivity index (χ1) is 16.7. The van der Waals surface area contributed by atoms with E-state index in [1.54, 1.807) is 7.11 Å². The molecular weight excluding hydrogens is 420 g/mol. The summed E-state index contributed by atoms with van der Waals surface area (Å²) in [6.07, 6.45) is 4.41. The van der Waals surface area contributed by atoms with Crippen molar-refractivity contribution in [3.8, 4) is 16.9 Å². The number of hydrogen-bond acceptors (Lipinski definition) is 3. The number of ether oxygens (including phenoxy) is 2. The highest BCUT2D eigenvalue weighted by molar-refractivity contribution is 5.85. The molecule has 0 bridgehead atoms. The van der Waals surface area contributed by atoms with Crippen LogP contribution < -0.4 is 4.74 Å². The fourth-order valence-corrected chi connectivity index (χ4v) is 4.58. The second-order valence-corrected chi connectivity index (χ2v) is 8.71. The fraction of sp³-hybridized carbons (Fsp3) is 0.258. The van der Waals surface area contributed by atoms with Crippen LogP contribution in [0.25, 0.3) is 21.9 Å². The van der Waals surface area contributed by atoms with Gasteiger partial charge in [-0.3, -0.25) is 4.79 Å². The number of carbonyl (C=O) groups is 1. The largest absolute Gasteiger partial charge is 0.497 e. The van der Waals surface area contributed by atoms with Crippen molar-refractivity contribution in [1.29, 1.82) is 0 Å². The van der Waals surface area contributed by atoms with Crippen LogP contribution in [0.3, 0.4) is 0 Å². The highest BCUT2D eigenvalue weighted by Crippen LogP contribution is 2.25. The zero-order chi connectivity index (χ0) is 23.8. The predicted molar refractivity (Wildman–Crippen MR) is 139 cm³/mol. The fourth-order valence-electron chi connectivity index (χ4n) is 4.58. The molecule has 0 N–H and O–H groups in total. The maximum atomic E-state index is 12.4. The van der Waals surface area contributed by atoms with Crippen molar-refractivity contribution in [3.05, 3.63) is 102 Å². The van der Waals surface area contributed by atoms with Gasteiger partial charge in [0.2, 0.25) is 0 Å². The van der Waals surface area contributed by atoms with Gasteiger partial charge in [0.25, 0.3) is 0 Å². The number of esters is 1. The Morgan fingerprint density at radius 1 is 0.735 bits per heavy atom. The molecular formula is C31H32O3. The molecule has 3 heteroatoms. The molecule has 0 spiro atoms. The summed E-state index contributed by atoms with van der Waals surface area (Å²) < 4.78 is 10.4. The van der Waals surface area contributed by atoms with E-state index in [2.05, 4.69) is 78.9 Å². The highest BCUT2D eigenvalue weighted by Gasteiger charge is 2.19. The van der Waals surface area contributed by atoms with Crippen LogP contribution in [0.1, 0.15) is 30.4 Å². The number of benzene rings is 4. The average Bonchev–Trinajstić information content (AvgIpc) is 2.90. The molecule has 4 aromatic carbocycles. The minimum absolute atomic E-state index is 0.0822. The van der Waals surface area contributed by atoms with Gasteiger partial charge in [0.15, 0.2) is 0 Å². The molecule has 0 saturated heterocycles. The summed E-state index contributed by atoms with van der Waals surface area (Å²) in [6, 6.07) is 31.6. The number of aryl methyl sites for hydroxylation is 2. The van der Waals surface area contributed by atoms with Gasteiger partial charge >= 0.3 is 5.97 Å². The molecule has 4 aromatic rings. The lowest BCUT2D eigenvalue weighted by Crippen LogP contribution is -2.17. The number of fused-ring (bicyclic) bond motifs is 1. The van der Waals surface area contributed by atoms with Crippen LogP contribution in [0.15, 0.2) is 91.0 Å². The maximum Gasteiger partial charge on any atom is 0.308 e. The molecule has 0 fully saturated rings. The second kappa shape index (κ2) is 11.5. The summed E-state index contributed by atoms with van der Waals surface area (Å²) in [7, 11) is 3.17. The minimum atomic E-state index is -0.104. The molecule has 3 nitrogen and oxygen atoms in total. The Morgan fingerprint density at radius 3 is 2.12 bits per heavy atom. The van der Waals surface area contributed by atoms with E-state index < -0.39 is 0 Å². The first-order valence-electron chi connectivity index (χ1n) is 12.0. The number of methoxy groups -OCH3 is 2. The highest BCUT2D eigenvalue weighted by atomic mass is 16.5. The molecule has 0 aliphatic rings. The summed E-state index contributed by atoms with van der Waals surface area (Å²) >= 11 is 0. The first-order valence-corrected chi connectivity index (χ1v) is 12.0. The lowest BCUT2D eigenvalue weighted by atomic mass is 9.92. The van der Waals surface area contributed by atoms with E-state index in [0.29, 0.717) is 0 Å². The average molecular weight is 453 g/mol. The van der Waals surface area contributed by atoms with Crippen LogP contribution in [0.4, 0.5) is 0 Å². The molecule has 174 valence electrons. The van der Waals surface area contributed by atoms with Gasteiger partial charge < -0.3 is 9.47 Å². The van der Waals surface area contributed by atoms with Gasteiger partial charge in [-0.1, -0.05) is 78.9 Å². The van der Waals surface area contributed by atoms with Crippen LogP contribution in [0, 0.1) is 5.92 Å². The summed E-state index contributed by atoms with van der Waals surface area (Å²) in [4.78, 5) is 12.4. The van der Waals surface area contributed by atoms with Crippen LogP contribution in [-0.2, 0) is 22.4 Å². The van der Waals surface area contributed by atoms with Gasteiger partial charge in [-0.2, -0.15) is 0 Å².